The Morgan fingerprint density at radius 3 is 2.03 bits per heavy atom. The zero-order chi connectivity index (χ0) is 27.2. The third kappa shape index (κ3) is 5.23. The van der Waals surface area contributed by atoms with E-state index in [2.05, 4.69) is 18.7 Å². The Labute approximate surface area is 223 Å². The number of carbonyl (C=O) groups excluding carboxylic acids is 2. The van der Waals surface area contributed by atoms with Gasteiger partial charge < -0.3 is 19.5 Å². The number of nitrogens with zero attached hydrogens (tertiary/aromatic N) is 2. The molecule has 198 valence electrons. The summed E-state index contributed by atoms with van der Waals surface area (Å²) in [6, 6.07) is 20.8. The van der Waals surface area contributed by atoms with Gasteiger partial charge in [-0.3, -0.25) is 14.5 Å². The molecule has 0 aromatic heterocycles. The van der Waals surface area contributed by atoms with Crippen LogP contribution in [0, 0.1) is 0 Å². The molecule has 1 fully saturated rings. The van der Waals surface area contributed by atoms with Gasteiger partial charge in [-0.15, -0.1) is 0 Å². The van der Waals surface area contributed by atoms with Crippen LogP contribution < -0.4 is 19.3 Å². The lowest BCUT2D eigenvalue weighted by molar-refractivity contribution is -0.132. The Bertz CT molecular complexity index is 1290. The standard InChI is InChI=1S/C31H34N2O5/c1-5-20-38-26-16-10-22(11-17-26)29(34)27-28(21-8-12-23(13-9-21)32(6-2)7-3)33(31(36)30(27)35)24-14-18-25(37-4)19-15-24/h8-19,28,34H,5-7,20H2,1-4H3/b29-27-. The monoisotopic (exact) mass is 514 g/mol. The molecule has 1 unspecified atom stereocenters. The van der Waals surface area contributed by atoms with Gasteiger partial charge in [0.2, 0.25) is 0 Å². The molecule has 38 heavy (non-hydrogen) atoms. The second-order valence-corrected chi connectivity index (χ2v) is 9.00. The van der Waals surface area contributed by atoms with Crippen LogP contribution in [0.1, 0.15) is 44.4 Å². The van der Waals surface area contributed by atoms with Gasteiger partial charge in [0, 0.05) is 30.0 Å². The molecule has 0 spiro atoms. The van der Waals surface area contributed by atoms with Gasteiger partial charge in [0.25, 0.3) is 11.7 Å². The van der Waals surface area contributed by atoms with Gasteiger partial charge >= 0.3 is 0 Å². The zero-order valence-electron chi connectivity index (χ0n) is 22.3. The molecule has 1 N–H and O–H groups in total. The van der Waals surface area contributed by atoms with Gasteiger partial charge in [0.05, 0.1) is 25.3 Å². The van der Waals surface area contributed by atoms with Crippen molar-refractivity contribution in [3.05, 3.63) is 89.5 Å². The summed E-state index contributed by atoms with van der Waals surface area (Å²) in [5.41, 5.74) is 2.78. The first kappa shape index (κ1) is 26.8. The minimum absolute atomic E-state index is 0.0450. The second kappa shape index (κ2) is 11.9. The van der Waals surface area contributed by atoms with E-state index in [1.807, 2.05) is 31.2 Å². The third-order valence-electron chi connectivity index (χ3n) is 6.73. The van der Waals surface area contributed by atoms with E-state index >= 15 is 0 Å². The number of ketones is 1. The van der Waals surface area contributed by atoms with Crippen LogP contribution in [0.4, 0.5) is 11.4 Å². The molecule has 7 heteroatoms. The maximum Gasteiger partial charge on any atom is 0.300 e. The number of hydrogen-bond acceptors (Lipinski definition) is 6. The molecule has 1 saturated heterocycles. The molecular weight excluding hydrogens is 480 g/mol. The second-order valence-electron chi connectivity index (χ2n) is 9.00. The summed E-state index contributed by atoms with van der Waals surface area (Å²) in [6.45, 7) is 8.51. The smallest absolute Gasteiger partial charge is 0.300 e. The van der Waals surface area contributed by atoms with Gasteiger partial charge in [-0.25, -0.2) is 0 Å². The van der Waals surface area contributed by atoms with Crippen LogP contribution in [0.5, 0.6) is 11.5 Å². The number of benzene rings is 3. The van der Waals surface area contributed by atoms with Crippen LogP contribution in [0.25, 0.3) is 5.76 Å². The third-order valence-corrected chi connectivity index (χ3v) is 6.73. The van der Waals surface area contributed by atoms with Crippen molar-refractivity contribution in [1.82, 2.24) is 0 Å². The van der Waals surface area contributed by atoms with E-state index in [4.69, 9.17) is 9.47 Å². The first-order chi connectivity index (χ1) is 18.4. The van der Waals surface area contributed by atoms with Gasteiger partial charge in [0.1, 0.15) is 17.3 Å². The highest BCUT2D eigenvalue weighted by Gasteiger charge is 2.47. The Balaban J connectivity index is 1.82. The van der Waals surface area contributed by atoms with Gasteiger partial charge in [-0.1, -0.05) is 19.1 Å². The molecule has 3 aromatic rings. The lowest BCUT2D eigenvalue weighted by Gasteiger charge is -2.27. The van der Waals surface area contributed by atoms with E-state index < -0.39 is 17.7 Å². The van der Waals surface area contributed by atoms with Crippen LogP contribution in [0.2, 0.25) is 0 Å². The van der Waals surface area contributed by atoms with Crippen molar-refractivity contribution in [2.75, 3.05) is 36.6 Å². The van der Waals surface area contributed by atoms with Gasteiger partial charge in [0.15, 0.2) is 0 Å². The lowest BCUT2D eigenvalue weighted by Crippen LogP contribution is -2.29. The largest absolute Gasteiger partial charge is 0.507 e. The van der Waals surface area contributed by atoms with Crippen LogP contribution in [0.3, 0.4) is 0 Å². The SMILES string of the molecule is CCCOc1ccc(/C(O)=C2/C(=O)C(=O)N(c3ccc(OC)cc3)C2c2ccc(N(CC)CC)cc2)cc1. The fourth-order valence-corrected chi connectivity index (χ4v) is 4.70. The Morgan fingerprint density at radius 1 is 0.868 bits per heavy atom. The molecule has 0 aliphatic carbocycles. The molecule has 0 saturated carbocycles. The summed E-state index contributed by atoms with van der Waals surface area (Å²) in [5.74, 6) is -0.347. The number of aliphatic hydroxyl groups is 1. The van der Waals surface area contributed by atoms with Crippen molar-refractivity contribution < 1.29 is 24.2 Å². The molecule has 0 radical (unpaired) electrons. The van der Waals surface area contributed by atoms with Gasteiger partial charge in [-0.2, -0.15) is 0 Å². The average Bonchev–Trinajstić information content (AvgIpc) is 3.22. The molecule has 1 aliphatic heterocycles. The van der Waals surface area contributed by atoms with E-state index in [0.29, 0.717) is 29.4 Å². The molecule has 1 heterocycles. The molecule has 0 bridgehead atoms. The summed E-state index contributed by atoms with van der Waals surface area (Å²) >= 11 is 0. The normalized spacial score (nSPS) is 16.5. The number of Topliss-reactive ketones (excluding diaryl/α,β-unsaturated/α-hetero) is 1. The number of anilines is 2. The molecule has 4 rings (SSSR count). The number of rotatable bonds is 10. The highest BCUT2D eigenvalue weighted by atomic mass is 16.5. The Hall–Kier alpha value is -4.26. The maximum atomic E-state index is 13.4. The summed E-state index contributed by atoms with van der Waals surface area (Å²) in [5, 5.41) is 11.4. The minimum Gasteiger partial charge on any atom is -0.507 e. The van der Waals surface area contributed by atoms with E-state index in [-0.39, 0.29) is 11.3 Å². The van der Waals surface area contributed by atoms with Crippen LogP contribution in [-0.4, -0.2) is 43.6 Å². The highest BCUT2D eigenvalue weighted by Crippen LogP contribution is 2.43. The first-order valence-electron chi connectivity index (χ1n) is 13.0. The highest BCUT2D eigenvalue weighted by molar-refractivity contribution is 6.51. The fraction of sp³-hybridized carbons (Fsp3) is 0.290. The average molecular weight is 515 g/mol. The quantitative estimate of drug-likeness (QED) is 0.204. The van der Waals surface area contributed by atoms with E-state index in [1.165, 1.54) is 4.90 Å². The van der Waals surface area contributed by atoms with Crippen LogP contribution in [0.15, 0.2) is 78.4 Å². The van der Waals surface area contributed by atoms with Crippen molar-refractivity contribution in [3.8, 4) is 11.5 Å². The van der Waals surface area contributed by atoms with Crippen molar-refractivity contribution >= 4 is 28.8 Å². The molecule has 1 aliphatic rings. The fourth-order valence-electron chi connectivity index (χ4n) is 4.70. The number of methoxy groups -OCH3 is 1. The zero-order valence-corrected chi connectivity index (χ0v) is 22.3. The molecule has 1 atom stereocenters. The summed E-state index contributed by atoms with van der Waals surface area (Å²) < 4.78 is 10.9. The van der Waals surface area contributed by atoms with Crippen LogP contribution >= 0.6 is 0 Å². The van der Waals surface area contributed by atoms with E-state index in [1.54, 1.807) is 55.6 Å². The van der Waals surface area contributed by atoms with Crippen molar-refractivity contribution in [1.29, 1.82) is 0 Å². The predicted octanol–water partition coefficient (Wildman–Crippen LogP) is 5.96. The minimum atomic E-state index is -0.801. The summed E-state index contributed by atoms with van der Waals surface area (Å²) in [7, 11) is 1.57. The number of hydrogen-bond donors (Lipinski definition) is 1. The Morgan fingerprint density at radius 2 is 1.47 bits per heavy atom. The number of carbonyl (C=O) groups is 2. The van der Waals surface area contributed by atoms with Crippen molar-refractivity contribution in [3.63, 3.8) is 0 Å². The van der Waals surface area contributed by atoms with Crippen molar-refractivity contribution in [2.45, 2.75) is 33.2 Å². The van der Waals surface area contributed by atoms with E-state index in [0.717, 1.165) is 30.8 Å². The number of amides is 1. The van der Waals surface area contributed by atoms with Gasteiger partial charge in [-0.05, 0) is 86.5 Å². The van der Waals surface area contributed by atoms with Crippen molar-refractivity contribution in [2.24, 2.45) is 0 Å². The number of aliphatic hydroxyl groups excluding tert-OH is 1. The first-order valence-corrected chi connectivity index (χ1v) is 13.0. The maximum absolute atomic E-state index is 13.4. The lowest BCUT2D eigenvalue weighted by atomic mass is 9.94. The molecule has 7 nitrogen and oxygen atoms in total. The summed E-state index contributed by atoms with van der Waals surface area (Å²) in [4.78, 5) is 30.5. The predicted molar refractivity (Wildman–Crippen MR) is 150 cm³/mol. The number of ether oxygens (including phenoxy) is 2. The van der Waals surface area contributed by atoms with Crippen LogP contribution in [-0.2, 0) is 9.59 Å². The summed E-state index contributed by atoms with van der Waals surface area (Å²) in [6.07, 6.45) is 0.879. The molecular formula is C31H34N2O5. The topological polar surface area (TPSA) is 79.3 Å². The Kier molecular flexibility index (Phi) is 8.36. The van der Waals surface area contributed by atoms with E-state index in [9.17, 15) is 14.7 Å². The molecule has 3 aromatic carbocycles. The molecule has 1 amide bonds.